The molecule has 1 aliphatic carbocycles. The number of para-hydroxylation sites is 2. The van der Waals surface area contributed by atoms with Crippen molar-refractivity contribution in [1.82, 2.24) is 0 Å². The van der Waals surface area contributed by atoms with Gasteiger partial charge in [0.1, 0.15) is 0 Å². The zero-order valence-corrected chi connectivity index (χ0v) is 15.4. The molecule has 29 heavy (non-hydrogen) atoms. The van der Waals surface area contributed by atoms with Crippen LogP contribution >= 0.6 is 0 Å². The normalized spacial score (nSPS) is 16.7. The van der Waals surface area contributed by atoms with Gasteiger partial charge in [-0.2, -0.15) is 0 Å². The Morgan fingerprint density at radius 1 is 0.931 bits per heavy atom. The monoisotopic (exact) mass is 388 g/mol. The number of hydrogen-bond donors (Lipinski definition) is 2. The van der Waals surface area contributed by atoms with Gasteiger partial charge >= 0.3 is 0 Å². The minimum atomic E-state index is -0.202. The summed E-state index contributed by atoms with van der Waals surface area (Å²) in [6, 6.07) is 10.3. The van der Waals surface area contributed by atoms with E-state index in [0.29, 0.717) is 51.5 Å². The molecule has 0 spiro atoms. The second-order valence-electron chi connectivity index (χ2n) is 6.58. The molecule has 0 radical (unpaired) electrons. The first kappa shape index (κ1) is 17.4. The number of hydrogen-bond acceptors (Lipinski definition) is 8. The van der Waals surface area contributed by atoms with Gasteiger partial charge < -0.3 is 4.74 Å². The summed E-state index contributed by atoms with van der Waals surface area (Å²) in [5, 5.41) is 24.4. The van der Waals surface area contributed by atoms with E-state index < -0.39 is 0 Å². The van der Waals surface area contributed by atoms with E-state index >= 15 is 0 Å². The van der Waals surface area contributed by atoms with Gasteiger partial charge in [0.05, 0.1) is 40.1 Å². The van der Waals surface area contributed by atoms with Crippen molar-refractivity contribution >= 4 is 28.5 Å². The summed E-state index contributed by atoms with van der Waals surface area (Å²) in [4.78, 5) is 20.9. The summed E-state index contributed by atoms with van der Waals surface area (Å²) in [7, 11) is 0. The van der Waals surface area contributed by atoms with Gasteiger partial charge in [-0.1, -0.05) is 12.1 Å². The van der Waals surface area contributed by atoms with E-state index in [0.717, 1.165) is 10.1 Å². The molecule has 2 aromatic carbocycles. The third kappa shape index (κ3) is 2.65. The number of anilines is 4. The quantitative estimate of drug-likeness (QED) is 0.821. The third-order valence-corrected chi connectivity index (χ3v) is 4.82. The van der Waals surface area contributed by atoms with Crippen LogP contribution in [0.2, 0.25) is 0 Å². The lowest BCUT2D eigenvalue weighted by molar-refractivity contribution is -0.114. The summed E-state index contributed by atoms with van der Waals surface area (Å²) in [6.45, 7) is 2.19. The average Bonchev–Trinajstić information content (AvgIpc) is 3.16. The minimum absolute atomic E-state index is 0.202. The molecular weight excluding hydrogens is 372 g/mol. The molecule has 8 nitrogen and oxygen atoms in total. The first-order valence-corrected chi connectivity index (χ1v) is 9.06. The number of benzene rings is 2. The Morgan fingerprint density at radius 3 is 2.07 bits per heavy atom. The van der Waals surface area contributed by atoms with Gasteiger partial charge in [0.2, 0.25) is 5.78 Å². The number of nitrogens with zero attached hydrogens (tertiary/aromatic N) is 4. The average molecular weight is 388 g/mol. The van der Waals surface area contributed by atoms with Crippen LogP contribution in [0.1, 0.15) is 6.92 Å². The number of ether oxygens (including phenoxy) is 1. The summed E-state index contributed by atoms with van der Waals surface area (Å²) in [5.41, 5.74) is 2.32. The fourth-order valence-corrected chi connectivity index (χ4v) is 3.45. The molecule has 0 fully saturated rings. The van der Waals surface area contributed by atoms with Crippen LogP contribution in [0.25, 0.3) is 0 Å². The van der Waals surface area contributed by atoms with Crippen molar-refractivity contribution in [2.24, 2.45) is 9.98 Å². The lowest BCUT2D eigenvalue weighted by Gasteiger charge is -2.32. The largest absolute Gasteiger partial charge is 0.490 e. The van der Waals surface area contributed by atoms with Crippen molar-refractivity contribution in [3.8, 4) is 0 Å². The summed E-state index contributed by atoms with van der Waals surface area (Å²) in [5.74, 6) is 0.471. The number of carbonyl (C=O) groups is 1. The van der Waals surface area contributed by atoms with Gasteiger partial charge in [0.25, 0.3) is 0 Å². The molecule has 2 aliphatic heterocycles. The fraction of sp³-hybridized carbons (Fsp3) is 0.0952. The highest BCUT2D eigenvalue weighted by atomic mass is 16.5. The van der Waals surface area contributed by atoms with E-state index in [1.54, 1.807) is 48.6 Å². The Balaban J connectivity index is 1.64. The summed E-state index contributed by atoms with van der Waals surface area (Å²) in [6.07, 6.45) is 4.69. The van der Waals surface area contributed by atoms with Crippen LogP contribution in [0.4, 0.5) is 22.7 Å². The van der Waals surface area contributed by atoms with Crippen molar-refractivity contribution in [1.29, 1.82) is 0 Å². The second-order valence-corrected chi connectivity index (χ2v) is 6.58. The van der Waals surface area contributed by atoms with Crippen LogP contribution in [0.3, 0.4) is 0 Å². The zero-order valence-electron chi connectivity index (χ0n) is 15.4. The van der Waals surface area contributed by atoms with Gasteiger partial charge in [-0.25, -0.2) is 20.1 Å². The molecule has 0 unspecified atom stereocenters. The van der Waals surface area contributed by atoms with Crippen molar-refractivity contribution in [2.75, 3.05) is 16.7 Å². The molecule has 144 valence electrons. The molecule has 2 N–H and O–H groups in total. The Hall–Kier alpha value is -3.75. The van der Waals surface area contributed by atoms with Crippen LogP contribution in [0.5, 0.6) is 0 Å². The van der Waals surface area contributed by atoms with Crippen molar-refractivity contribution in [3.05, 3.63) is 82.5 Å². The molecule has 2 aromatic rings. The molecule has 0 bridgehead atoms. The molecule has 0 amide bonds. The maximum absolute atomic E-state index is 11.9. The van der Waals surface area contributed by atoms with E-state index in [1.165, 1.54) is 6.08 Å². The zero-order chi connectivity index (χ0) is 20.1. The van der Waals surface area contributed by atoms with Crippen LogP contribution in [-0.4, -0.2) is 22.8 Å². The first-order valence-electron chi connectivity index (χ1n) is 9.06. The van der Waals surface area contributed by atoms with Crippen molar-refractivity contribution in [2.45, 2.75) is 6.92 Å². The highest BCUT2D eigenvalue weighted by molar-refractivity contribution is 6.04. The molecule has 2 heterocycles. The van der Waals surface area contributed by atoms with Crippen LogP contribution < -0.4 is 20.8 Å². The highest BCUT2D eigenvalue weighted by Gasteiger charge is 2.28. The number of fused-ring (bicyclic) bond motifs is 3. The van der Waals surface area contributed by atoms with Gasteiger partial charge in [0, 0.05) is 5.57 Å². The van der Waals surface area contributed by atoms with Crippen LogP contribution in [0, 0.1) is 0 Å². The summed E-state index contributed by atoms with van der Waals surface area (Å²) >= 11 is 0. The van der Waals surface area contributed by atoms with Gasteiger partial charge in [-0.3, -0.25) is 15.2 Å². The van der Waals surface area contributed by atoms with Gasteiger partial charge in [-0.05, 0) is 49.4 Å². The van der Waals surface area contributed by atoms with E-state index in [4.69, 9.17) is 4.74 Å². The fourth-order valence-electron chi connectivity index (χ4n) is 3.45. The predicted molar refractivity (Wildman–Crippen MR) is 104 cm³/mol. The minimum Gasteiger partial charge on any atom is -0.490 e. The smallest absolute Gasteiger partial charge is 0.220 e. The van der Waals surface area contributed by atoms with Crippen molar-refractivity contribution in [3.63, 3.8) is 0 Å². The molecular formula is C21H16N4O4. The number of ketones is 1. The number of rotatable bonds is 2. The molecule has 0 saturated carbocycles. The first-order chi connectivity index (χ1) is 14.1. The number of carbonyl (C=O) groups excluding carboxylic acids is 1. The molecule has 5 rings (SSSR count). The molecule has 3 aliphatic rings. The predicted octanol–water partition coefficient (Wildman–Crippen LogP) is 2.58. The highest BCUT2D eigenvalue weighted by Crippen LogP contribution is 2.44. The maximum atomic E-state index is 11.9. The lowest BCUT2D eigenvalue weighted by atomic mass is 10.1. The topological polar surface area (TPSA) is 98.0 Å². The Morgan fingerprint density at radius 2 is 1.52 bits per heavy atom. The summed E-state index contributed by atoms with van der Waals surface area (Å²) < 4.78 is 5.37. The van der Waals surface area contributed by atoms with E-state index in [2.05, 4.69) is 9.98 Å². The SMILES string of the molecule is CCOC1=CC(=C2N=c3cc4c(cc3=N2)N(O)c2ccccc2N4O)C=CC1=O. The van der Waals surface area contributed by atoms with Crippen molar-refractivity contribution < 1.29 is 19.9 Å². The maximum Gasteiger partial charge on any atom is 0.220 e. The molecule has 0 aromatic heterocycles. The van der Waals surface area contributed by atoms with E-state index in [9.17, 15) is 15.2 Å². The lowest BCUT2D eigenvalue weighted by Crippen LogP contribution is -2.31. The van der Waals surface area contributed by atoms with E-state index in [1.807, 2.05) is 6.92 Å². The van der Waals surface area contributed by atoms with Crippen LogP contribution in [-0.2, 0) is 9.53 Å². The van der Waals surface area contributed by atoms with E-state index in [-0.39, 0.29) is 11.5 Å². The van der Waals surface area contributed by atoms with Gasteiger partial charge in [0.15, 0.2) is 11.6 Å². The molecule has 8 heteroatoms. The van der Waals surface area contributed by atoms with Crippen LogP contribution in [0.15, 0.2) is 81.8 Å². The number of allylic oxidation sites excluding steroid dienone is 4. The van der Waals surface area contributed by atoms with Gasteiger partial charge in [-0.15, -0.1) is 0 Å². The Labute approximate surface area is 165 Å². The standard InChI is InChI=1S/C21H16N4O4/c1-2-29-20-9-12(7-8-19(20)26)21-22-13-10-17-18(11-14(13)23-21)25(28)16-6-4-3-5-15(16)24(17)27/h3-11,27-28H,2H2,1H3. The molecule has 0 saturated heterocycles. The Kier molecular flexibility index (Phi) is 3.83. The second kappa shape index (κ2) is 6.40. The third-order valence-electron chi connectivity index (χ3n) is 4.82. The molecule has 0 atom stereocenters. The Bertz CT molecular complexity index is 1210.